The van der Waals surface area contributed by atoms with Gasteiger partial charge in [-0.25, -0.2) is 0 Å². The number of rotatable bonds is 6. The number of hydrogen-bond acceptors (Lipinski definition) is 5. The third-order valence-electron chi connectivity index (χ3n) is 3.67. The van der Waals surface area contributed by atoms with Crippen LogP contribution in [0.15, 0.2) is 52.9 Å². The van der Waals surface area contributed by atoms with E-state index in [1.165, 1.54) is 18.2 Å². The van der Waals surface area contributed by atoms with E-state index in [4.69, 9.17) is 9.15 Å². The second-order valence-electron chi connectivity index (χ2n) is 5.30. The maximum Gasteiger partial charge on any atom is 0.291 e. The van der Waals surface area contributed by atoms with E-state index in [0.717, 1.165) is 5.39 Å². The molecule has 0 unspecified atom stereocenters. The Hall–Kier alpha value is -3.19. The van der Waals surface area contributed by atoms with Gasteiger partial charge < -0.3 is 14.5 Å². The first kappa shape index (κ1) is 16.7. The van der Waals surface area contributed by atoms with Crippen molar-refractivity contribution in [2.45, 2.75) is 13.5 Å². The maximum atomic E-state index is 12.6. The molecule has 0 radical (unpaired) electrons. The number of nitro benzene ring substituents is 1. The molecule has 7 nitrogen and oxygen atoms in total. The molecular formula is C18H16N2O5. The van der Waals surface area contributed by atoms with Gasteiger partial charge in [0.2, 0.25) is 0 Å². The van der Waals surface area contributed by atoms with E-state index in [-0.39, 0.29) is 18.1 Å². The van der Waals surface area contributed by atoms with Gasteiger partial charge >= 0.3 is 0 Å². The zero-order valence-corrected chi connectivity index (χ0v) is 13.5. The van der Waals surface area contributed by atoms with Crippen molar-refractivity contribution in [3.05, 3.63) is 70.0 Å². The number of non-ortho nitro benzene ring substituents is 1. The second kappa shape index (κ2) is 7.14. The number of nitrogens with zero attached hydrogens (tertiary/aromatic N) is 1. The summed E-state index contributed by atoms with van der Waals surface area (Å²) in [4.78, 5) is 23.0. The lowest BCUT2D eigenvalue weighted by Gasteiger charge is -2.05. The number of amides is 1. The molecule has 0 spiro atoms. The number of nitro groups is 1. The molecule has 0 saturated carbocycles. The van der Waals surface area contributed by atoms with Crippen molar-refractivity contribution in [3.63, 3.8) is 0 Å². The molecule has 0 atom stereocenters. The highest BCUT2D eigenvalue weighted by Crippen LogP contribution is 2.28. The number of hydrogen-bond donors (Lipinski definition) is 1. The van der Waals surface area contributed by atoms with Crippen LogP contribution in [0.25, 0.3) is 11.0 Å². The van der Waals surface area contributed by atoms with Gasteiger partial charge in [-0.05, 0) is 19.1 Å². The van der Waals surface area contributed by atoms with Crippen molar-refractivity contribution in [2.24, 2.45) is 0 Å². The zero-order valence-electron chi connectivity index (χ0n) is 13.5. The summed E-state index contributed by atoms with van der Waals surface area (Å²) in [6, 6.07) is 13.0. The van der Waals surface area contributed by atoms with Crippen LogP contribution in [-0.4, -0.2) is 17.4 Å². The van der Waals surface area contributed by atoms with Gasteiger partial charge in [0.1, 0.15) is 5.58 Å². The third-order valence-corrected chi connectivity index (χ3v) is 3.67. The molecule has 0 bridgehead atoms. The van der Waals surface area contributed by atoms with Gasteiger partial charge in [0.05, 0.1) is 11.5 Å². The molecule has 1 aromatic heterocycles. The molecule has 0 aliphatic rings. The van der Waals surface area contributed by atoms with E-state index in [1.807, 2.05) is 25.1 Å². The van der Waals surface area contributed by atoms with E-state index in [0.29, 0.717) is 23.4 Å². The Morgan fingerprint density at radius 2 is 2.04 bits per heavy atom. The number of furan rings is 1. The van der Waals surface area contributed by atoms with Crippen LogP contribution in [0.2, 0.25) is 0 Å². The van der Waals surface area contributed by atoms with Crippen molar-refractivity contribution >= 4 is 28.3 Å². The van der Waals surface area contributed by atoms with Crippen LogP contribution < -0.4 is 5.32 Å². The first-order valence-corrected chi connectivity index (χ1v) is 7.74. The molecule has 1 N–H and O–H groups in total. The van der Waals surface area contributed by atoms with Gasteiger partial charge in [0, 0.05) is 35.4 Å². The van der Waals surface area contributed by atoms with Crippen molar-refractivity contribution in [3.8, 4) is 0 Å². The summed E-state index contributed by atoms with van der Waals surface area (Å²) >= 11 is 0. The van der Waals surface area contributed by atoms with Crippen LogP contribution in [0.1, 0.15) is 23.0 Å². The molecule has 0 aliphatic carbocycles. The van der Waals surface area contributed by atoms with Crippen molar-refractivity contribution in [1.29, 1.82) is 0 Å². The maximum absolute atomic E-state index is 12.6. The predicted octanol–water partition coefficient (Wildman–Crippen LogP) is 4.13. The summed E-state index contributed by atoms with van der Waals surface area (Å²) in [5.41, 5.74) is 1.46. The molecular weight excluding hydrogens is 324 g/mol. The summed E-state index contributed by atoms with van der Waals surface area (Å²) in [5.74, 6) is -0.340. The number of ether oxygens (including phenoxy) is 1. The van der Waals surface area contributed by atoms with Crippen molar-refractivity contribution in [2.75, 3.05) is 11.9 Å². The number of carbonyl (C=O) groups is 1. The minimum absolute atomic E-state index is 0.100. The third kappa shape index (κ3) is 3.51. The van der Waals surface area contributed by atoms with E-state index in [1.54, 1.807) is 12.1 Å². The highest BCUT2D eigenvalue weighted by atomic mass is 16.6. The molecule has 3 rings (SSSR count). The van der Waals surface area contributed by atoms with Crippen molar-refractivity contribution in [1.82, 2.24) is 0 Å². The Bertz CT molecular complexity index is 932. The molecule has 0 saturated heterocycles. The molecule has 3 aromatic rings. The lowest BCUT2D eigenvalue weighted by atomic mass is 10.1. The average Bonchev–Trinajstić information content (AvgIpc) is 2.99. The molecule has 1 amide bonds. The minimum Gasteiger partial charge on any atom is -0.451 e. The van der Waals surface area contributed by atoms with Crippen molar-refractivity contribution < 1.29 is 18.9 Å². The lowest BCUT2D eigenvalue weighted by Crippen LogP contribution is -2.13. The Labute approximate surface area is 143 Å². The quantitative estimate of drug-likeness (QED) is 0.538. The number of nitrogens with one attached hydrogen (secondary N) is 1. The molecule has 128 valence electrons. The summed E-state index contributed by atoms with van der Waals surface area (Å²) in [7, 11) is 0. The van der Waals surface area contributed by atoms with Crippen LogP contribution in [0.4, 0.5) is 11.4 Å². The lowest BCUT2D eigenvalue weighted by molar-refractivity contribution is -0.384. The second-order valence-corrected chi connectivity index (χ2v) is 5.30. The first-order valence-electron chi connectivity index (χ1n) is 7.74. The summed E-state index contributed by atoms with van der Waals surface area (Å²) < 4.78 is 11.1. The van der Waals surface area contributed by atoms with E-state index < -0.39 is 10.8 Å². The fourth-order valence-corrected chi connectivity index (χ4v) is 2.51. The Morgan fingerprint density at radius 3 is 2.80 bits per heavy atom. The monoisotopic (exact) mass is 340 g/mol. The largest absolute Gasteiger partial charge is 0.451 e. The van der Waals surface area contributed by atoms with Gasteiger partial charge in [-0.1, -0.05) is 24.3 Å². The molecule has 0 aliphatic heterocycles. The number of carbonyl (C=O) groups excluding carboxylic acids is 1. The smallest absolute Gasteiger partial charge is 0.291 e. The van der Waals surface area contributed by atoms with E-state index >= 15 is 0 Å². The fourth-order valence-electron chi connectivity index (χ4n) is 2.51. The summed E-state index contributed by atoms with van der Waals surface area (Å²) in [6.07, 6.45) is 0. The topological polar surface area (TPSA) is 94.6 Å². The Balaban J connectivity index is 1.93. The van der Waals surface area contributed by atoms with Crippen LogP contribution in [0.3, 0.4) is 0 Å². The number of anilines is 1. The van der Waals surface area contributed by atoms with Crippen LogP contribution in [0.5, 0.6) is 0 Å². The number of benzene rings is 2. The molecule has 1 heterocycles. The van der Waals surface area contributed by atoms with Crippen LogP contribution in [-0.2, 0) is 11.3 Å². The SMILES string of the molecule is CCOCc1c(C(=O)Nc2cccc([N+](=O)[O-])c2)oc2ccccc12. The molecule has 0 fully saturated rings. The Kier molecular flexibility index (Phi) is 4.76. The van der Waals surface area contributed by atoms with Gasteiger partial charge in [-0.3, -0.25) is 14.9 Å². The number of para-hydroxylation sites is 1. The minimum atomic E-state index is -0.517. The highest BCUT2D eigenvalue weighted by molar-refractivity contribution is 6.06. The predicted molar refractivity (Wildman–Crippen MR) is 92.6 cm³/mol. The van der Waals surface area contributed by atoms with Gasteiger partial charge in [-0.15, -0.1) is 0 Å². The highest BCUT2D eigenvalue weighted by Gasteiger charge is 2.21. The van der Waals surface area contributed by atoms with Gasteiger partial charge in [0.15, 0.2) is 5.76 Å². The van der Waals surface area contributed by atoms with Gasteiger partial charge in [0.25, 0.3) is 11.6 Å². The Morgan fingerprint density at radius 1 is 1.24 bits per heavy atom. The number of fused-ring (bicyclic) bond motifs is 1. The van der Waals surface area contributed by atoms with Crippen LogP contribution in [0, 0.1) is 10.1 Å². The summed E-state index contributed by atoms with van der Waals surface area (Å²) in [5, 5.41) is 14.3. The summed E-state index contributed by atoms with van der Waals surface area (Å²) in [6.45, 7) is 2.61. The fraction of sp³-hybridized carbons (Fsp3) is 0.167. The van der Waals surface area contributed by atoms with Gasteiger partial charge in [-0.2, -0.15) is 0 Å². The molecule has 25 heavy (non-hydrogen) atoms. The van der Waals surface area contributed by atoms with E-state index in [2.05, 4.69) is 5.32 Å². The van der Waals surface area contributed by atoms with E-state index in [9.17, 15) is 14.9 Å². The molecule has 2 aromatic carbocycles. The molecule has 7 heteroatoms. The normalized spacial score (nSPS) is 10.8. The average molecular weight is 340 g/mol. The zero-order chi connectivity index (χ0) is 17.8. The van der Waals surface area contributed by atoms with Crippen LogP contribution >= 0.6 is 0 Å². The standard InChI is InChI=1S/C18H16N2O5/c1-2-24-11-15-14-8-3-4-9-16(14)25-17(15)18(21)19-12-6-5-7-13(10-12)20(22)23/h3-10H,2,11H2,1H3,(H,19,21). The first-order chi connectivity index (χ1) is 12.1.